The summed E-state index contributed by atoms with van der Waals surface area (Å²) in [6.07, 6.45) is 0. The summed E-state index contributed by atoms with van der Waals surface area (Å²) in [5.74, 6) is -0.157. The van der Waals surface area contributed by atoms with Gasteiger partial charge in [-0.25, -0.2) is 4.39 Å². The quantitative estimate of drug-likeness (QED) is 0.769. The number of benzene rings is 1. The van der Waals surface area contributed by atoms with Crippen LogP contribution >= 0.6 is 12.4 Å². The molecule has 1 atom stereocenters. The maximum absolute atomic E-state index is 12.9. The van der Waals surface area contributed by atoms with E-state index in [1.807, 2.05) is 13.0 Å². The van der Waals surface area contributed by atoms with Gasteiger partial charge in [0, 0.05) is 25.7 Å². The Labute approximate surface area is 95.7 Å². The standard InChI is InChI=1S/C11H15FN2.ClH/c1-8-6-9(12)2-3-10(8)11-7-13-4-5-14-11;/h2-3,6,11,13-14H,4-5,7H2,1H3;1H/t11-;/m0./s1. The maximum Gasteiger partial charge on any atom is 0.123 e. The first kappa shape index (κ1) is 12.4. The second-order valence-electron chi connectivity index (χ2n) is 3.71. The molecule has 0 amide bonds. The molecule has 0 unspecified atom stereocenters. The fourth-order valence-electron chi connectivity index (χ4n) is 1.90. The Morgan fingerprint density at radius 2 is 2.13 bits per heavy atom. The largest absolute Gasteiger partial charge is 0.314 e. The fourth-order valence-corrected chi connectivity index (χ4v) is 1.90. The first-order valence-corrected chi connectivity index (χ1v) is 4.97. The lowest BCUT2D eigenvalue weighted by atomic mass is 10.00. The molecule has 0 spiro atoms. The van der Waals surface area contributed by atoms with Crippen LogP contribution in [-0.2, 0) is 0 Å². The van der Waals surface area contributed by atoms with Crippen LogP contribution in [0.15, 0.2) is 18.2 Å². The smallest absolute Gasteiger partial charge is 0.123 e. The van der Waals surface area contributed by atoms with Gasteiger partial charge in [-0.2, -0.15) is 0 Å². The van der Waals surface area contributed by atoms with Gasteiger partial charge in [0.25, 0.3) is 0 Å². The molecule has 84 valence electrons. The van der Waals surface area contributed by atoms with E-state index >= 15 is 0 Å². The van der Waals surface area contributed by atoms with E-state index in [1.54, 1.807) is 6.07 Å². The Hall–Kier alpha value is -0.640. The molecule has 15 heavy (non-hydrogen) atoms. The van der Waals surface area contributed by atoms with Crippen LogP contribution in [0.3, 0.4) is 0 Å². The summed E-state index contributed by atoms with van der Waals surface area (Å²) < 4.78 is 12.9. The Bertz CT molecular complexity index is 324. The number of halogens is 2. The van der Waals surface area contributed by atoms with Crippen LogP contribution < -0.4 is 10.6 Å². The molecule has 2 nitrogen and oxygen atoms in total. The van der Waals surface area contributed by atoms with Crippen LogP contribution in [-0.4, -0.2) is 19.6 Å². The average Bonchev–Trinajstić information content (AvgIpc) is 2.19. The van der Waals surface area contributed by atoms with Gasteiger partial charge in [0.1, 0.15) is 5.82 Å². The summed E-state index contributed by atoms with van der Waals surface area (Å²) in [6.45, 7) is 4.86. The normalized spacial score (nSPS) is 20.8. The number of aryl methyl sites for hydroxylation is 1. The van der Waals surface area contributed by atoms with Gasteiger partial charge in [-0.3, -0.25) is 0 Å². The predicted molar refractivity (Wildman–Crippen MR) is 62.0 cm³/mol. The predicted octanol–water partition coefficient (Wildman–Crippen LogP) is 1.79. The Kier molecular flexibility index (Phi) is 4.51. The first-order chi connectivity index (χ1) is 6.77. The van der Waals surface area contributed by atoms with Crippen molar-refractivity contribution in [3.8, 4) is 0 Å². The summed E-state index contributed by atoms with van der Waals surface area (Å²) in [5, 5.41) is 6.73. The summed E-state index contributed by atoms with van der Waals surface area (Å²) in [5.41, 5.74) is 2.21. The molecule has 0 aromatic heterocycles. The van der Waals surface area contributed by atoms with Crippen LogP contribution in [0.1, 0.15) is 17.2 Å². The van der Waals surface area contributed by atoms with E-state index in [-0.39, 0.29) is 18.2 Å². The molecule has 1 aliphatic heterocycles. The molecule has 1 aliphatic rings. The molecule has 0 radical (unpaired) electrons. The van der Waals surface area contributed by atoms with Gasteiger partial charge in [-0.15, -0.1) is 12.4 Å². The zero-order chi connectivity index (χ0) is 9.97. The zero-order valence-electron chi connectivity index (χ0n) is 8.72. The molecule has 1 aromatic carbocycles. The minimum atomic E-state index is -0.157. The minimum Gasteiger partial charge on any atom is -0.314 e. The van der Waals surface area contributed by atoms with E-state index in [1.165, 1.54) is 11.6 Å². The molecular weight excluding hydrogens is 215 g/mol. The summed E-state index contributed by atoms with van der Waals surface area (Å²) in [7, 11) is 0. The molecular formula is C11H16ClFN2. The number of hydrogen-bond donors (Lipinski definition) is 2. The van der Waals surface area contributed by atoms with Crippen LogP contribution in [0.25, 0.3) is 0 Å². The summed E-state index contributed by atoms with van der Waals surface area (Å²) in [4.78, 5) is 0. The second-order valence-corrected chi connectivity index (χ2v) is 3.71. The molecule has 0 aliphatic carbocycles. The first-order valence-electron chi connectivity index (χ1n) is 4.97. The maximum atomic E-state index is 12.9. The molecule has 2 rings (SSSR count). The Morgan fingerprint density at radius 1 is 1.33 bits per heavy atom. The van der Waals surface area contributed by atoms with Crippen LogP contribution in [0.4, 0.5) is 4.39 Å². The van der Waals surface area contributed by atoms with Crippen molar-refractivity contribution < 1.29 is 4.39 Å². The Balaban J connectivity index is 0.00000112. The SMILES string of the molecule is Cc1cc(F)ccc1[C@@H]1CNCCN1.Cl. The Morgan fingerprint density at radius 3 is 2.73 bits per heavy atom. The monoisotopic (exact) mass is 230 g/mol. The van der Waals surface area contributed by atoms with E-state index in [4.69, 9.17) is 0 Å². The van der Waals surface area contributed by atoms with E-state index in [0.717, 1.165) is 25.2 Å². The highest BCUT2D eigenvalue weighted by molar-refractivity contribution is 5.85. The van der Waals surface area contributed by atoms with Gasteiger partial charge in [-0.05, 0) is 30.2 Å². The van der Waals surface area contributed by atoms with Crippen molar-refractivity contribution in [2.24, 2.45) is 0 Å². The topological polar surface area (TPSA) is 24.1 Å². The minimum absolute atomic E-state index is 0. The molecule has 1 heterocycles. The van der Waals surface area contributed by atoms with Crippen LogP contribution in [0, 0.1) is 12.7 Å². The summed E-state index contributed by atoms with van der Waals surface area (Å²) in [6, 6.07) is 5.31. The van der Waals surface area contributed by atoms with E-state index in [9.17, 15) is 4.39 Å². The molecule has 1 aromatic rings. The van der Waals surface area contributed by atoms with Gasteiger partial charge in [0.05, 0.1) is 0 Å². The van der Waals surface area contributed by atoms with Crippen molar-refractivity contribution in [2.75, 3.05) is 19.6 Å². The molecule has 1 fully saturated rings. The van der Waals surface area contributed by atoms with Crippen molar-refractivity contribution in [2.45, 2.75) is 13.0 Å². The van der Waals surface area contributed by atoms with Gasteiger partial charge in [-0.1, -0.05) is 6.07 Å². The highest BCUT2D eigenvalue weighted by Crippen LogP contribution is 2.18. The van der Waals surface area contributed by atoms with Crippen molar-refractivity contribution in [3.05, 3.63) is 35.1 Å². The summed E-state index contributed by atoms with van der Waals surface area (Å²) >= 11 is 0. The zero-order valence-corrected chi connectivity index (χ0v) is 9.53. The average molecular weight is 231 g/mol. The number of piperazine rings is 1. The van der Waals surface area contributed by atoms with Gasteiger partial charge < -0.3 is 10.6 Å². The van der Waals surface area contributed by atoms with E-state index in [2.05, 4.69) is 10.6 Å². The number of nitrogens with one attached hydrogen (secondary N) is 2. The van der Waals surface area contributed by atoms with Gasteiger partial charge in [0.15, 0.2) is 0 Å². The molecule has 0 saturated carbocycles. The van der Waals surface area contributed by atoms with Gasteiger partial charge in [0.2, 0.25) is 0 Å². The number of hydrogen-bond acceptors (Lipinski definition) is 2. The lowest BCUT2D eigenvalue weighted by Gasteiger charge is -2.26. The highest BCUT2D eigenvalue weighted by atomic mass is 35.5. The lowest BCUT2D eigenvalue weighted by molar-refractivity contribution is 0.428. The third-order valence-electron chi connectivity index (χ3n) is 2.65. The number of rotatable bonds is 1. The lowest BCUT2D eigenvalue weighted by Crippen LogP contribution is -2.42. The third kappa shape index (κ3) is 2.91. The highest BCUT2D eigenvalue weighted by Gasteiger charge is 2.15. The molecule has 0 bridgehead atoms. The van der Waals surface area contributed by atoms with Crippen molar-refractivity contribution >= 4 is 12.4 Å². The van der Waals surface area contributed by atoms with Crippen LogP contribution in [0.5, 0.6) is 0 Å². The van der Waals surface area contributed by atoms with Crippen molar-refractivity contribution in [1.82, 2.24) is 10.6 Å². The fraction of sp³-hybridized carbons (Fsp3) is 0.455. The molecule has 1 saturated heterocycles. The third-order valence-corrected chi connectivity index (χ3v) is 2.65. The molecule has 4 heteroatoms. The molecule has 2 N–H and O–H groups in total. The van der Waals surface area contributed by atoms with Gasteiger partial charge >= 0.3 is 0 Å². The van der Waals surface area contributed by atoms with Crippen LogP contribution in [0.2, 0.25) is 0 Å². The van der Waals surface area contributed by atoms with E-state index < -0.39 is 0 Å². The van der Waals surface area contributed by atoms with Crippen molar-refractivity contribution in [3.63, 3.8) is 0 Å². The van der Waals surface area contributed by atoms with Crippen molar-refractivity contribution in [1.29, 1.82) is 0 Å². The van der Waals surface area contributed by atoms with E-state index in [0.29, 0.717) is 6.04 Å². The second kappa shape index (κ2) is 5.45.